The van der Waals surface area contributed by atoms with E-state index in [1.54, 1.807) is 23.0 Å². The van der Waals surface area contributed by atoms with E-state index in [2.05, 4.69) is 10.4 Å². The van der Waals surface area contributed by atoms with Crippen LogP contribution >= 0.6 is 0 Å². The van der Waals surface area contributed by atoms with Crippen molar-refractivity contribution in [3.05, 3.63) is 78.1 Å². The number of benzene rings is 2. The number of phenolic OH excluding ortho intramolecular Hbond substituents is 1. The summed E-state index contributed by atoms with van der Waals surface area (Å²) in [5.74, 6) is 0.493. The number of nitrogens with one attached hydrogen (secondary N) is 1. The van der Waals surface area contributed by atoms with Crippen molar-refractivity contribution in [3.8, 4) is 11.4 Å². The molecule has 2 aromatic carbocycles. The number of hydrogen-bond acceptors (Lipinski definition) is 3. The normalized spacial score (nSPS) is 18.7. The Morgan fingerprint density at radius 3 is 2.88 bits per heavy atom. The van der Waals surface area contributed by atoms with Gasteiger partial charge in [0.1, 0.15) is 5.75 Å². The van der Waals surface area contributed by atoms with Crippen LogP contribution in [0.5, 0.6) is 5.75 Å². The minimum atomic E-state index is -0.0151. The van der Waals surface area contributed by atoms with Crippen molar-refractivity contribution in [3.63, 3.8) is 0 Å². The maximum atomic E-state index is 12.4. The molecule has 1 fully saturated rings. The second-order valence-corrected chi connectivity index (χ2v) is 6.34. The van der Waals surface area contributed by atoms with Crippen LogP contribution in [0.3, 0.4) is 0 Å². The zero-order chi connectivity index (χ0) is 17.2. The molecular weight excluding hydrogens is 314 g/mol. The molecule has 5 heteroatoms. The molecule has 0 unspecified atom stereocenters. The molecule has 2 N–H and O–H groups in total. The van der Waals surface area contributed by atoms with Crippen LogP contribution in [-0.2, 0) is 11.3 Å². The minimum Gasteiger partial charge on any atom is -0.508 e. The molecule has 2 atom stereocenters. The van der Waals surface area contributed by atoms with E-state index in [1.165, 1.54) is 0 Å². The average molecular weight is 333 g/mol. The molecule has 1 amide bonds. The van der Waals surface area contributed by atoms with E-state index in [-0.39, 0.29) is 23.5 Å². The number of hydrogen-bond donors (Lipinski definition) is 2. The Balaban J connectivity index is 1.41. The Morgan fingerprint density at radius 1 is 1.20 bits per heavy atom. The van der Waals surface area contributed by atoms with Gasteiger partial charge in [0.15, 0.2) is 0 Å². The summed E-state index contributed by atoms with van der Waals surface area (Å²) in [5, 5.41) is 16.9. The van der Waals surface area contributed by atoms with Gasteiger partial charge in [-0.2, -0.15) is 5.10 Å². The number of phenols is 1. The molecule has 3 aromatic rings. The van der Waals surface area contributed by atoms with Crippen molar-refractivity contribution in [2.75, 3.05) is 0 Å². The van der Waals surface area contributed by atoms with Crippen LogP contribution in [0.2, 0.25) is 0 Å². The smallest absolute Gasteiger partial charge is 0.224 e. The van der Waals surface area contributed by atoms with Crippen molar-refractivity contribution in [1.29, 1.82) is 0 Å². The van der Waals surface area contributed by atoms with Crippen LogP contribution in [0.25, 0.3) is 5.69 Å². The monoisotopic (exact) mass is 333 g/mol. The molecule has 0 radical (unpaired) electrons. The van der Waals surface area contributed by atoms with Crippen molar-refractivity contribution >= 4 is 5.91 Å². The topological polar surface area (TPSA) is 67.2 Å². The first-order valence-corrected chi connectivity index (χ1v) is 8.37. The highest BCUT2D eigenvalue weighted by molar-refractivity contribution is 5.83. The van der Waals surface area contributed by atoms with E-state index in [4.69, 9.17) is 0 Å². The van der Waals surface area contributed by atoms with Gasteiger partial charge in [-0.25, -0.2) is 4.68 Å². The number of rotatable bonds is 5. The fourth-order valence-corrected chi connectivity index (χ4v) is 3.22. The molecule has 0 aliphatic heterocycles. The lowest BCUT2D eigenvalue weighted by atomic mass is 10.1. The van der Waals surface area contributed by atoms with Crippen LogP contribution < -0.4 is 5.32 Å². The Kier molecular flexibility index (Phi) is 3.98. The zero-order valence-corrected chi connectivity index (χ0v) is 13.7. The maximum absolute atomic E-state index is 12.4. The van der Waals surface area contributed by atoms with Gasteiger partial charge < -0.3 is 10.4 Å². The first-order chi connectivity index (χ1) is 12.2. The van der Waals surface area contributed by atoms with Crippen LogP contribution in [0.4, 0.5) is 0 Å². The lowest BCUT2D eigenvalue weighted by Crippen LogP contribution is -2.25. The lowest BCUT2D eigenvalue weighted by Gasteiger charge is -2.11. The van der Waals surface area contributed by atoms with Gasteiger partial charge in [-0.1, -0.05) is 30.3 Å². The Hall–Kier alpha value is -3.08. The van der Waals surface area contributed by atoms with E-state index in [0.717, 1.165) is 23.2 Å². The molecule has 25 heavy (non-hydrogen) atoms. The van der Waals surface area contributed by atoms with Crippen LogP contribution in [-0.4, -0.2) is 20.8 Å². The SMILES string of the molecule is O=C(NCc1ccccc1-n1cccn1)[C@@H]1C[C@H]1c1cccc(O)c1. The Morgan fingerprint density at radius 2 is 2.08 bits per heavy atom. The number of carbonyl (C=O) groups is 1. The summed E-state index contributed by atoms with van der Waals surface area (Å²) >= 11 is 0. The fraction of sp³-hybridized carbons (Fsp3) is 0.200. The second-order valence-electron chi connectivity index (χ2n) is 6.34. The van der Waals surface area contributed by atoms with Gasteiger partial charge in [-0.15, -0.1) is 0 Å². The van der Waals surface area contributed by atoms with Gasteiger partial charge >= 0.3 is 0 Å². The van der Waals surface area contributed by atoms with Gasteiger partial charge in [-0.05, 0) is 47.7 Å². The first-order valence-electron chi connectivity index (χ1n) is 8.37. The van der Waals surface area contributed by atoms with Gasteiger partial charge in [-0.3, -0.25) is 4.79 Å². The average Bonchev–Trinajstić information content (AvgIpc) is 3.25. The molecule has 5 nitrogen and oxygen atoms in total. The van der Waals surface area contributed by atoms with Crippen molar-refractivity contribution in [1.82, 2.24) is 15.1 Å². The Bertz CT molecular complexity index is 889. The summed E-state index contributed by atoms with van der Waals surface area (Å²) in [6, 6.07) is 16.9. The summed E-state index contributed by atoms with van der Waals surface area (Å²) < 4.78 is 1.80. The van der Waals surface area contributed by atoms with E-state index in [0.29, 0.717) is 6.54 Å². The Labute approximate surface area is 145 Å². The summed E-state index contributed by atoms with van der Waals surface area (Å²) in [6.07, 6.45) is 4.45. The molecule has 4 rings (SSSR count). The summed E-state index contributed by atoms with van der Waals surface area (Å²) in [5.41, 5.74) is 3.01. The zero-order valence-electron chi connectivity index (χ0n) is 13.7. The summed E-state index contributed by atoms with van der Waals surface area (Å²) in [4.78, 5) is 12.4. The molecule has 1 aliphatic rings. The van der Waals surface area contributed by atoms with Crippen molar-refractivity contribution in [2.45, 2.75) is 18.9 Å². The molecule has 0 spiro atoms. The number of nitrogens with zero attached hydrogens (tertiary/aromatic N) is 2. The molecule has 1 aliphatic carbocycles. The molecule has 1 heterocycles. The van der Waals surface area contributed by atoms with E-state index in [1.807, 2.05) is 48.7 Å². The lowest BCUT2D eigenvalue weighted by molar-refractivity contribution is -0.122. The third-order valence-corrected chi connectivity index (χ3v) is 4.62. The third-order valence-electron chi connectivity index (χ3n) is 4.62. The molecule has 1 aromatic heterocycles. The van der Waals surface area contributed by atoms with E-state index < -0.39 is 0 Å². The summed E-state index contributed by atoms with van der Waals surface area (Å²) in [6.45, 7) is 0.470. The van der Waals surface area contributed by atoms with Crippen LogP contribution in [0.1, 0.15) is 23.5 Å². The number of aromatic nitrogens is 2. The predicted octanol–water partition coefficient (Wildman–Crippen LogP) is 3.00. The number of carbonyl (C=O) groups excluding carboxylic acids is 1. The molecule has 0 saturated heterocycles. The molecular formula is C20H19N3O2. The number of amides is 1. The highest BCUT2D eigenvalue weighted by Crippen LogP contribution is 2.48. The van der Waals surface area contributed by atoms with Crippen LogP contribution in [0, 0.1) is 5.92 Å². The predicted molar refractivity (Wildman–Crippen MR) is 94.4 cm³/mol. The highest BCUT2D eigenvalue weighted by Gasteiger charge is 2.43. The largest absolute Gasteiger partial charge is 0.508 e. The van der Waals surface area contributed by atoms with E-state index >= 15 is 0 Å². The quantitative estimate of drug-likeness (QED) is 0.754. The van der Waals surface area contributed by atoms with Gasteiger partial charge in [0.05, 0.1) is 5.69 Å². The maximum Gasteiger partial charge on any atom is 0.224 e. The molecule has 1 saturated carbocycles. The highest BCUT2D eigenvalue weighted by atomic mass is 16.3. The fourth-order valence-electron chi connectivity index (χ4n) is 3.22. The number of para-hydroxylation sites is 1. The van der Waals surface area contributed by atoms with Gasteiger partial charge in [0, 0.05) is 24.9 Å². The standard InChI is InChI=1S/C20H19N3O2/c24-16-7-3-6-14(11-16)17-12-18(17)20(25)21-13-15-5-1-2-8-19(15)23-10-4-9-22-23/h1-11,17-18,24H,12-13H2,(H,21,25)/t17-,18+/m0/s1. The van der Waals surface area contributed by atoms with Crippen molar-refractivity contribution in [2.24, 2.45) is 5.92 Å². The second kappa shape index (κ2) is 6.43. The van der Waals surface area contributed by atoms with Crippen LogP contribution in [0.15, 0.2) is 67.0 Å². The summed E-state index contributed by atoms with van der Waals surface area (Å²) in [7, 11) is 0. The van der Waals surface area contributed by atoms with Crippen molar-refractivity contribution < 1.29 is 9.90 Å². The van der Waals surface area contributed by atoms with Gasteiger partial charge in [0.25, 0.3) is 0 Å². The van der Waals surface area contributed by atoms with E-state index in [9.17, 15) is 9.90 Å². The molecule has 126 valence electrons. The third kappa shape index (κ3) is 3.26. The number of aromatic hydroxyl groups is 1. The first kappa shape index (κ1) is 15.4. The van der Waals surface area contributed by atoms with Gasteiger partial charge in [0.2, 0.25) is 5.91 Å². The minimum absolute atomic E-state index is 0.0151. The molecule has 0 bridgehead atoms.